The van der Waals surface area contributed by atoms with Crippen LogP contribution in [0.3, 0.4) is 0 Å². The molecule has 33 heavy (non-hydrogen) atoms. The number of ether oxygens (including phenoxy) is 1. The molecule has 2 aliphatic heterocycles. The molecule has 0 aliphatic carbocycles. The van der Waals surface area contributed by atoms with E-state index in [4.69, 9.17) is 4.74 Å². The SMILES string of the molecule is O=c1[nH]c(-c2ccc(S(=O)(=O)N3CCc4cc(-c5ccc6c(c5)CCO6)ccc43)cc2)no1. The largest absolute Gasteiger partial charge is 0.493 e. The summed E-state index contributed by atoms with van der Waals surface area (Å²) in [6, 6.07) is 18.3. The van der Waals surface area contributed by atoms with Crippen LogP contribution in [-0.2, 0) is 22.9 Å². The van der Waals surface area contributed by atoms with E-state index in [-0.39, 0.29) is 10.7 Å². The van der Waals surface area contributed by atoms with E-state index in [0.29, 0.717) is 30.8 Å². The number of sulfonamides is 1. The lowest BCUT2D eigenvalue weighted by Crippen LogP contribution is -2.29. The number of hydrogen-bond acceptors (Lipinski definition) is 6. The third-order valence-electron chi connectivity index (χ3n) is 6.11. The van der Waals surface area contributed by atoms with Crippen molar-refractivity contribution in [3.63, 3.8) is 0 Å². The molecule has 4 aromatic rings. The van der Waals surface area contributed by atoms with Crippen molar-refractivity contribution < 1.29 is 17.7 Å². The van der Waals surface area contributed by atoms with E-state index in [1.54, 1.807) is 12.1 Å². The summed E-state index contributed by atoms with van der Waals surface area (Å²) in [5.41, 5.74) is 5.64. The number of hydrogen-bond donors (Lipinski definition) is 1. The maximum atomic E-state index is 13.4. The van der Waals surface area contributed by atoms with Gasteiger partial charge in [-0.25, -0.2) is 13.2 Å². The maximum Gasteiger partial charge on any atom is 0.439 e. The van der Waals surface area contributed by atoms with Gasteiger partial charge in [-0.2, -0.15) is 0 Å². The Hall–Kier alpha value is -3.85. The van der Waals surface area contributed by atoms with Crippen molar-refractivity contribution >= 4 is 15.7 Å². The maximum absolute atomic E-state index is 13.4. The van der Waals surface area contributed by atoms with E-state index in [0.717, 1.165) is 28.9 Å². The number of aromatic nitrogens is 2. The van der Waals surface area contributed by atoms with Crippen molar-refractivity contribution in [1.82, 2.24) is 10.1 Å². The monoisotopic (exact) mass is 461 g/mol. The molecule has 9 heteroatoms. The Morgan fingerprint density at radius 3 is 2.36 bits per heavy atom. The van der Waals surface area contributed by atoms with Gasteiger partial charge in [0.2, 0.25) is 0 Å². The van der Waals surface area contributed by atoms with E-state index in [1.807, 2.05) is 24.3 Å². The van der Waals surface area contributed by atoms with E-state index < -0.39 is 15.8 Å². The highest BCUT2D eigenvalue weighted by Crippen LogP contribution is 2.37. The molecule has 0 amide bonds. The summed E-state index contributed by atoms with van der Waals surface area (Å²) in [4.78, 5) is 13.8. The number of nitrogens with zero attached hydrogens (tertiary/aromatic N) is 2. The fourth-order valence-corrected chi connectivity index (χ4v) is 5.94. The Balaban J connectivity index is 1.30. The molecule has 3 aromatic carbocycles. The molecule has 0 radical (unpaired) electrons. The summed E-state index contributed by atoms with van der Waals surface area (Å²) in [5, 5.41) is 3.63. The Labute approximate surface area is 189 Å². The van der Waals surface area contributed by atoms with Gasteiger partial charge >= 0.3 is 5.76 Å². The van der Waals surface area contributed by atoms with E-state index >= 15 is 0 Å². The van der Waals surface area contributed by atoms with Gasteiger partial charge in [-0.05, 0) is 77.2 Å². The molecule has 0 bridgehead atoms. The topological polar surface area (TPSA) is 106 Å². The smallest absolute Gasteiger partial charge is 0.439 e. The van der Waals surface area contributed by atoms with Crippen LogP contribution in [0.5, 0.6) is 5.75 Å². The van der Waals surface area contributed by atoms with Crippen molar-refractivity contribution in [3.8, 4) is 28.3 Å². The van der Waals surface area contributed by atoms with Crippen molar-refractivity contribution in [2.24, 2.45) is 0 Å². The van der Waals surface area contributed by atoms with E-state index in [9.17, 15) is 13.2 Å². The second kappa shape index (κ2) is 7.35. The molecule has 0 fully saturated rings. The zero-order valence-electron chi connectivity index (χ0n) is 17.4. The molecule has 8 nitrogen and oxygen atoms in total. The van der Waals surface area contributed by atoms with Crippen molar-refractivity contribution in [2.75, 3.05) is 17.5 Å². The molecule has 0 spiro atoms. The van der Waals surface area contributed by atoms with Crippen LogP contribution in [0.15, 0.2) is 74.9 Å². The van der Waals surface area contributed by atoms with Crippen LogP contribution >= 0.6 is 0 Å². The van der Waals surface area contributed by atoms with Crippen LogP contribution in [0, 0.1) is 0 Å². The predicted molar refractivity (Wildman–Crippen MR) is 122 cm³/mol. The highest BCUT2D eigenvalue weighted by molar-refractivity contribution is 7.92. The standard InChI is InChI=1S/C24H19N3O5S/c28-24-25-23(26-32-24)15-1-5-20(6-2-15)33(29,30)27-11-9-18-13-16(3-7-21(18)27)17-4-8-22-19(14-17)10-12-31-22/h1-8,13-14H,9-12H2,(H,25,26,28). The summed E-state index contributed by atoms with van der Waals surface area (Å²) in [5.74, 6) is 0.530. The second-order valence-corrected chi connectivity index (χ2v) is 9.92. The number of fused-ring (bicyclic) bond motifs is 2. The zero-order valence-corrected chi connectivity index (χ0v) is 18.3. The molecule has 0 atom stereocenters. The lowest BCUT2D eigenvalue weighted by Gasteiger charge is -2.20. The van der Waals surface area contributed by atoms with Gasteiger partial charge in [0.15, 0.2) is 5.82 Å². The Morgan fingerprint density at radius 1 is 0.879 bits per heavy atom. The summed E-state index contributed by atoms with van der Waals surface area (Å²) in [7, 11) is -3.73. The first-order valence-electron chi connectivity index (χ1n) is 10.6. The molecule has 1 N–H and O–H groups in total. The average Bonchev–Trinajstić information content (AvgIpc) is 3.57. The van der Waals surface area contributed by atoms with Crippen LogP contribution in [-0.4, -0.2) is 31.7 Å². The van der Waals surface area contributed by atoms with E-state index in [1.165, 1.54) is 22.0 Å². The zero-order chi connectivity index (χ0) is 22.6. The first-order chi connectivity index (χ1) is 16.0. The first-order valence-corrected chi connectivity index (χ1v) is 12.0. The fourth-order valence-electron chi connectivity index (χ4n) is 4.43. The van der Waals surface area contributed by atoms with E-state index in [2.05, 4.69) is 26.8 Å². The molecular weight excluding hydrogens is 442 g/mol. The van der Waals surface area contributed by atoms with Crippen LogP contribution in [0.2, 0.25) is 0 Å². The van der Waals surface area contributed by atoms with Gasteiger partial charge in [0.05, 0.1) is 17.2 Å². The minimum Gasteiger partial charge on any atom is -0.493 e. The quantitative estimate of drug-likeness (QED) is 0.500. The molecule has 166 valence electrons. The lowest BCUT2D eigenvalue weighted by molar-refractivity contribution is 0.357. The number of H-pyrrole nitrogens is 1. The van der Waals surface area contributed by atoms with Gasteiger partial charge in [0, 0.05) is 18.5 Å². The van der Waals surface area contributed by atoms with Crippen molar-refractivity contribution in [2.45, 2.75) is 17.7 Å². The minimum absolute atomic E-state index is 0.174. The molecule has 2 aliphatic rings. The second-order valence-electron chi connectivity index (χ2n) is 8.06. The van der Waals surface area contributed by atoms with Gasteiger partial charge in [-0.3, -0.25) is 13.8 Å². The third kappa shape index (κ3) is 3.32. The molecular formula is C24H19N3O5S. The lowest BCUT2D eigenvalue weighted by atomic mass is 9.99. The highest BCUT2D eigenvalue weighted by Gasteiger charge is 2.31. The Morgan fingerprint density at radius 2 is 1.61 bits per heavy atom. The van der Waals surface area contributed by atoms with Crippen LogP contribution in [0.25, 0.3) is 22.5 Å². The predicted octanol–water partition coefficient (Wildman–Crippen LogP) is 3.38. The van der Waals surface area contributed by atoms with Gasteiger partial charge < -0.3 is 4.74 Å². The van der Waals surface area contributed by atoms with Crippen LogP contribution < -0.4 is 14.8 Å². The summed E-state index contributed by atoms with van der Waals surface area (Å²) in [6.45, 7) is 1.10. The fraction of sp³-hybridized carbons (Fsp3) is 0.167. The number of anilines is 1. The highest BCUT2D eigenvalue weighted by atomic mass is 32.2. The van der Waals surface area contributed by atoms with Crippen molar-refractivity contribution in [1.29, 1.82) is 0 Å². The number of benzene rings is 3. The summed E-state index contributed by atoms with van der Waals surface area (Å²) >= 11 is 0. The molecule has 0 saturated heterocycles. The number of nitrogens with one attached hydrogen (secondary N) is 1. The minimum atomic E-state index is -3.73. The van der Waals surface area contributed by atoms with Crippen LogP contribution in [0.4, 0.5) is 5.69 Å². The molecule has 3 heterocycles. The Kier molecular flexibility index (Phi) is 4.41. The summed E-state index contributed by atoms with van der Waals surface area (Å²) in [6.07, 6.45) is 1.56. The van der Waals surface area contributed by atoms with Gasteiger partial charge in [-0.1, -0.05) is 17.3 Å². The normalized spacial score (nSPS) is 14.7. The number of rotatable bonds is 4. The summed E-state index contributed by atoms with van der Waals surface area (Å²) < 4.78 is 38.3. The molecule has 6 rings (SSSR count). The van der Waals surface area contributed by atoms with Gasteiger partial charge in [0.1, 0.15) is 5.75 Å². The van der Waals surface area contributed by atoms with Gasteiger partial charge in [0.25, 0.3) is 10.0 Å². The first kappa shape index (κ1) is 19.8. The van der Waals surface area contributed by atoms with Crippen molar-refractivity contribution in [3.05, 3.63) is 82.3 Å². The van der Waals surface area contributed by atoms with Gasteiger partial charge in [-0.15, -0.1) is 0 Å². The number of aromatic amines is 1. The third-order valence-corrected chi connectivity index (χ3v) is 7.94. The van der Waals surface area contributed by atoms with Crippen LogP contribution in [0.1, 0.15) is 11.1 Å². The molecule has 0 unspecified atom stereocenters. The molecule has 1 aromatic heterocycles. The average molecular weight is 461 g/mol. The molecule has 0 saturated carbocycles. The Bertz CT molecular complexity index is 1540.